The Kier molecular flexibility index (Phi) is 3.95. The van der Waals surface area contributed by atoms with E-state index in [1.165, 1.54) is 0 Å². The van der Waals surface area contributed by atoms with Gasteiger partial charge in [0.1, 0.15) is 0 Å². The summed E-state index contributed by atoms with van der Waals surface area (Å²) in [5.74, 6) is 0. The molecule has 1 rings (SSSR count). The molecule has 0 bridgehead atoms. The summed E-state index contributed by atoms with van der Waals surface area (Å²) in [5.41, 5.74) is 1.12. The van der Waals surface area contributed by atoms with Crippen molar-refractivity contribution >= 4 is 6.08 Å². The van der Waals surface area contributed by atoms with Gasteiger partial charge >= 0.3 is 0 Å². The molecule has 0 aliphatic carbocycles. The first kappa shape index (κ1) is 8.81. The molecule has 2 nitrogen and oxygen atoms in total. The van der Waals surface area contributed by atoms with E-state index < -0.39 is 0 Å². The maximum atomic E-state index is 4.98. The topological polar surface area (TPSA) is 18.5 Å². The van der Waals surface area contributed by atoms with Gasteiger partial charge in [0.15, 0.2) is 6.79 Å². The molecule has 0 heterocycles. The molecule has 0 aromatic heterocycles. The fraction of sp³-hybridized carbons (Fsp3) is 0.200. The molecule has 0 N–H and O–H groups in total. The Hall–Kier alpha value is -1.28. The van der Waals surface area contributed by atoms with Crippen LogP contribution in [-0.2, 0) is 9.47 Å². The SMILES string of the molecule is COCO/C=C/c1ccccc1. The summed E-state index contributed by atoms with van der Waals surface area (Å²) in [6.07, 6.45) is 3.51. The van der Waals surface area contributed by atoms with Crippen LogP contribution in [0.4, 0.5) is 0 Å². The first-order valence-electron chi connectivity index (χ1n) is 3.75. The number of hydrogen-bond acceptors (Lipinski definition) is 2. The van der Waals surface area contributed by atoms with E-state index >= 15 is 0 Å². The lowest BCUT2D eigenvalue weighted by atomic mass is 10.2. The van der Waals surface area contributed by atoms with Crippen molar-refractivity contribution in [3.63, 3.8) is 0 Å². The summed E-state index contributed by atoms with van der Waals surface area (Å²) in [7, 11) is 1.59. The highest BCUT2D eigenvalue weighted by molar-refractivity contribution is 5.47. The van der Waals surface area contributed by atoms with Crippen LogP contribution in [0.2, 0.25) is 0 Å². The van der Waals surface area contributed by atoms with Gasteiger partial charge in [0.05, 0.1) is 6.26 Å². The fourth-order valence-corrected chi connectivity index (χ4v) is 0.798. The minimum Gasteiger partial charge on any atom is -0.475 e. The van der Waals surface area contributed by atoms with E-state index in [4.69, 9.17) is 9.47 Å². The molecule has 0 spiro atoms. The van der Waals surface area contributed by atoms with Crippen LogP contribution in [0.1, 0.15) is 5.56 Å². The normalized spacial score (nSPS) is 10.4. The molecule has 0 aliphatic rings. The smallest absolute Gasteiger partial charge is 0.187 e. The largest absolute Gasteiger partial charge is 0.475 e. The lowest BCUT2D eigenvalue weighted by Gasteiger charge is -1.96. The molecular weight excluding hydrogens is 152 g/mol. The van der Waals surface area contributed by atoms with Gasteiger partial charge in [0.2, 0.25) is 0 Å². The predicted octanol–water partition coefficient (Wildman–Crippen LogP) is 2.28. The van der Waals surface area contributed by atoms with Crippen LogP contribution in [-0.4, -0.2) is 13.9 Å². The summed E-state index contributed by atoms with van der Waals surface area (Å²) in [5, 5.41) is 0. The van der Waals surface area contributed by atoms with E-state index in [-0.39, 0.29) is 0 Å². The number of benzene rings is 1. The first-order chi connectivity index (χ1) is 5.93. The van der Waals surface area contributed by atoms with Gasteiger partial charge < -0.3 is 9.47 Å². The van der Waals surface area contributed by atoms with Gasteiger partial charge in [-0.15, -0.1) is 0 Å². The molecule has 0 saturated heterocycles. The van der Waals surface area contributed by atoms with E-state index in [0.29, 0.717) is 6.79 Å². The van der Waals surface area contributed by atoms with Gasteiger partial charge in [-0.3, -0.25) is 0 Å². The second-order valence-electron chi connectivity index (χ2n) is 2.29. The van der Waals surface area contributed by atoms with Gasteiger partial charge in [-0.2, -0.15) is 0 Å². The molecule has 0 fully saturated rings. The zero-order valence-corrected chi connectivity index (χ0v) is 7.07. The third kappa shape index (κ3) is 3.21. The van der Waals surface area contributed by atoms with Crippen molar-refractivity contribution in [1.29, 1.82) is 0 Å². The van der Waals surface area contributed by atoms with Crippen molar-refractivity contribution < 1.29 is 9.47 Å². The lowest BCUT2D eigenvalue weighted by molar-refractivity contribution is 0.0208. The molecule has 0 amide bonds. The van der Waals surface area contributed by atoms with E-state index in [9.17, 15) is 0 Å². The first-order valence-corrected chi connectivity index (χ1v) is 3.75. The van der Waals surface area contributed by atoms with Gasteiger partial charge in [0, 0.05) is 7.11 Å². The van der Waals surface area contributed by atoms with E-state index in [1.54, 1.807) is 13.4 Å². The third-order valence-electron chi connectivity index (χ3n) is 1.34. The van der Waals surface area contributed by atoms with E-state index in [1.807, 2.05) is 36.4 Å². The highest BCUT2D eigenvalue weighted by Gasteiger charge is 1.81. The van der Waals surface area contributed by atoms with Crippen LogP contribution >= 0.6 is 0 Å². The summed E-state index contributed by atoms with van der Waals surface area (Å²) < 4.78 is 9.69. The van der Waals surface area contributed by atoms with Crippen molar-refractivity contribution in [3.8, 4) is 0 Å². The second kappa shape index (κ2) is 5.38. The van der Waals surface area contributed by atoms with Crippen molar-refractivity contribution in [3.05, 3.63) is 42.2 Å². The maximum Gasteiger partial charge on any atom is 0.187 e. The molecule has 1 aromatic carbocycles. The van der Waals surface area contributed by atoms with Crippen LogP contribution < -0.4 is 0 Å². The second-order valence-corrected chi connectivity index (χ2v) is 2.29. The molecular formula is C10H12O2. The summed E-state index contributed by atoms with van der Waals surface area (Å²) >= 11 is 0. The van der Waals surface area contributed by atoms with Crippen LogP contribution in [0.5, 0.6) is 0 Å². The number of methoxy groups -OCH3 is 1. The molecule has 0 aliphatic heterocycles. The van der Waals surface area contributed by atoms with Gasteiger partial charge in [0.25, 0.3) is 0 Å². The maximum absolute atomic E-state index is 4.98. The Balaban J connectivity index is 2.36. The standard InChI is InChI=1S/C10H12O2/c1-11-9-12-8-7-10-5-3-2-4-6-10/h2-8H,9H2,1H3/b8-7+. The van der Waals surface area contributed by atoms with Crippen LogP contribution in [0.15, 0.2) is 36.6 Å². The average molecular weight is 164 g/mol. The molecule has 0 unspecified atom stereocenters. The number of ether oxygens (including phenoxy) is 2. The van der Waals surface area contributed by atoms with Crippen molar-refractivity contribution in [2.75, 3.05) is 13.9 Å². The Bertz CT molecular complexity index is 229. The summed E-state index contributed by atoms with van der Waals surface area (Å²) in [6, 6.07) is 9.96. The lowest BCUT2D eigenvalue weighted by Crippen LogP contribution is -1.87. The zero-order chi connectivity index (χ0) is 8.65. The van der Waals surface area contributed by atoms with Crippen LogP contribution in [0, 0.1) is 0 Å². The molecule has 2 heteroatoms. The number of hydrogen-bond donors (Lipinski definition) is 0. The minimum atomic E-state index is 0.295. The van der Waals surface area contributed by atoms with E-state index in [0.717, 1.165) is 5.56 Å². The Morgan fingerprint density at radius 2 is 2.00 bits per heavy atom. The summed E-state index contributed by atoms with van der Waals surface area (Å²) in [6.45, 7) is 0.295. The molecule has 0 atom stereocenters. The van der Waals surface area contributed by atoms with Crippen molar-refractivity contribution in [1.82, 2.24) is 0 Å². The molecule has 0 radical (unpaired) electrons. The van der Waals surface area contributed by atoms with E-state index in [2.05, 4.69) is 0 Å². The van der Waals surface area contributed by atoms with Gasteiger partial charge in [-0.25, -0.2) is 0 Å². The fourth-order valence-electron chi connectivity index (χ4n) is 0.798. The quantitative estimate of drug-likeness (QED) is 0.386. The Morgan fingerprint density at radius 3 is 2.67 bits per heavy atom. The molecule has 0 saturated carbocycles. The average Bonchev–Trinajstić information content (AvgIpc) is 2.14. The predicted molar refractivity (Wildman–Crippen MR) is 48.4 cm³/mol. The monoisotopic (exact) mass is 164 g/mol. The third-order valence-corrected chi connectivity index (χ3v) is 1.34. The van der Waals surface area contributed by atoms with Crippen LogP contribution in [0.25, 0.3) is 6.08 Å². The molecule has 12 heavy (non-hydrogen) atoms. The minimum absolute atomic E-state index is 0.295. The summed E-state index contributed by atoms with van der Waals surface area (Å²) in [4.78, 5) is 0. The molecule has 64 valence electrons. The van der Waals surface area contributed by atoms with Crippen molar-refractivity contribution in [2.24, 2.45) is 0 Å². The highest BCUT2D eigenvalue weighted by Crippen LogP contribution is 2.00. The van der Waals surface area contributed by atoms with Crippen LogP contribution in [0.3, 0.4) is 0 Å². The van der Waals surface area contributed by atoms with Gasteiger partial charge in [-0.1, -0.05) is 30.3 Å². The Morgan fingerprint density at radius 1 is 1.25 bits per heavy atom. The highest BCUT2D eigenvalue weighted by atomic mass is 16.7. The molecule has 1 aromatic rings. The van der Waals surface area contributed by atoms with Crippen molar-refractivity contribution in [2.45, 2.75) is 0 Å². The van der Waals surface area contributed by atoms with Gasteiger partial charge in [-0.05, 0) is 11.6 Å². The Labute approximate surface area is 72.4 Å². The zero-order valence-electron chi connectivity index (χ0n) is 7.07. The number of rotatable bonds is 4.